The van der Waals surface area contributed by atoms with Crippen LogP contribution in [0.3, 0.4) is 0 Å². The first-order valence-corrected chi connectivity index (χ1v) is 14.0. The molecule has 1 aliphatic heterocycles. The maximum atomic E-state index is 13.9. The molecule has 1 atom stereocenters. The SMILES string of the molecule is COC(=O)CCc1ccc(C(=Nc2ccc(N(C)C(=O)CCCCN(C)C)cc2)C2C(=O)Nc3cc(F)ccc32)cc1. The zero-order valence-electron chi connectivity index (χ0n) is 24.5. The molecule has 0 aliphatic carbocycles. The summed E-state index contributed by atoms with van der Waals surface area (Å²) in [6.07, 6.45) is 3.04. The van der Waals surface area contributed by atoms with Gasteiger partial charge in [0.1, 0.15) is 11.7 Å². The van der Waals surface area contributed by atoms with E-state index in [4.69, 9.17) is 9.73 Å². The second kappa shape index (κ2) is 14.0. The lowest BCUT2D eigenvalue weighted by molar-refractivity contribution is -0.140. The highest BCUT2D eigenvalue weighted by atomic mass is 19.1. The number of hydrogen-bond donors (Lipinski definition) is 1. The van der Waals surface area contributed by atoms with Crippen LogP contribution in [-0.4, -0.2) is 63.2 Å². The number of amides is 2. The Hall–Kier alpha value is -4.37. The number of carbonyl (C=O) groups is 3. The first-order valence-electron chi connectivity index (χ1n) is 14.0. The van der Waals surface area contributed by atoms with E-state index in [1.807, 2.05) is 62.6 Å². The number of halogens is 1. The standard InChI is InChI=1S/C33H37FN4O4/c1-37(2)20-6-5-7-29(39)38(3)26-16-14-25(15-17-26)35-32(23-11-8-22(9-12-23)10-19-30(40)42-4)31-27-18-13-24(34)21-28(27)36-33(31)41/h8-9,11-18,21,31H,5-7,10,19-20H2,1-4H3,(H,36,41). The average molecular weight is 573 g/mol. The number of aryl methyl sites for hydroxylation is 1. The van der Waals surface area contributed by atoms with Crippen LogP contribution in [0.2, 0.25) is 0 Å². The Bertz CT molecular complexity index is 1450. The molecule has 8 nitrogen and oxygen atoms in total. The minimum absolute atomic E-state index is 0.0458. The highest BCUT2D eigenvalue weighted by Gasteiger charge is 2.35. The number of anilines is 2. The molecule has 1 aliphatic rings. The van der Waals surface area contributed by atoms with E-state index in [2.05, 4.69) is 10.2 Å². The molecule has 4 rings (SSSR count). The zero-order chi connectivity index (χ0) is 30.2. The molecular formula is C33H37FN4O4. The van der Waals surface area contributed by atoms with Crippen LogP contribution in [0.15, 0.2) is 71.7 Å². The van der Waals surface area contributed by atoms with Gasteiger partial charge in [0.25, 0.3) is 0 Å². The van der Waals surface area contributed by atoms with Crippen molar-refractivity contribution in [2.75, 3.05) is 45.0 Å². The van der Waals surface area contributed by atoms with Gasteiger partial charge in [0.05, 0.1) is 18.5 Å². The van der Waals surface area contributed by atoms with Crippen LogP contribution in [0.4, 0.5) is 21.5 Å². The number of carbonyl (C=O) groups excluding carboxylic acids is 3. The first-order chi connectivity index (χ1) is 20.2. The molecule has 3 aromatic rings. The molecule has 0 saturated heterocycles. The van der Waals surface area contributed by atoms with E-state index >= 15 is 0 Å². The van der Waals surface area contributed by atoms with Gasteiger partial charge < -0.3 is 19.9 Å². The number of aliphatic imine (C=N–C) groups is 1. The molecule has 42 heavy (non-hydrogen) atoms. The zero-order valence-corrected chi connectivity index (χ0v) is 24.5. The lowest BCUT2D eigenvalue weighted by atomic mass is 9.90. The molecule has 0 spiro atoms. The summed E-state index contributed by atoms with van der Waals surface area (Å²) >= 11 is 0. The predicted molar refractivity (Wildman–Crippen MR) is 163 cm³/mol. The second-order valence-corrected chi connectivity index (χ2v) is 10.7. The molecule has 1 heterocycles. The van der Waals surface area contributed by atoms with Crippen molar-refractivity contribution in [1.82, 2.24) is 4.90 Å². The highest BCUT2D eigenvalue weighted by Crippen LogP contribution is 2.37. The molecule has 1 N–H and O–H groups in total. The van der Waals surface area contributed by atoms with Gasteiger partial charge in [-0.25, -0.2) is 4.39 Å². The molecule has 0 radical (unpaired) electrons. The maximum Gasteiger partial charge on any atom is 0.305 e. The van der Waals surface area contributed by atoms with Gasteiger partial charge in [-0.2, -0.15) is 0 Å². The van der Waals surface area contributed by atoms with Gasteiger partial charge in [-0.05, 0) is 93.0 Å². The fourth-order valence-electron chi connectivity index (χ4n) is 4.90. The third-order valence-electron chi connectivity index (χ3n) is 7.32. The number of unbranched alkanes of at least 4 members (excludes halogenated alkanes) is 1. The molecule has 1 unspecified atom stereocenters. The van der Waals surface area contributed by atoms with Gasteiger partial charge in [-0.15, -0.1) is 0 Å². The summed E-state index contributed by atoms with van der Waals surface area (Å²) in [7, 11) is 7.16. The van der Waals surface area contributed by atoms with Gasteiger partial charge >= 0.3 is 5.97 Å². The van der Waals surface area contributed by atoms with Gasteiger partial charge in [-0.3, -0.25) is 19.4 Å². The van der Waals surface area contributed by atoms with E-state index in [9.17, 15) is 18.8 Å². The maximum absolute atomic E-state index is 13.9. The van der Waals surface area contributed by atoms with E-state index in [0.717, 1.165) is 36.2 Å². The quantitative estimate of drug-likeness (QED) is 0.176. The van der Waals surface area contributed by atoms with Crippen LogP contribution in [0, 0.1) is 5.82 Å². The Morgan fingerprint density at radius 1 is 0.952 bits per heavy atom. The Morgan fingerprint density at radius 3 is 2.33 bits per heavy atom. The molecule has 3 aromatic carbocycles. The molecular weight excluding hydrogens is 535 g/mol. The van der Waals surface area contributed by atoms with E-state index in [0.29, 0.717) is 35.5 Å². The third-order valence-corrected chi connectivity index (χ3v) is 7.32. The highest BCUT2D eigenvalue weighted by molar-refractivity contribution is 6.24. The number of ether oxygens (including phenoxy) is 1. The molecule has 2 amide bonds. The number of rotatable bonds is 12. The van der Waals surface area contributed by atoms with Crippen molar-refractivity contribution >= 4 is 40.6 Å². The molecule has 0 fully saturated rings. The fourth-order valence-corrected chi connectivity index (χ4v) is 4.90. The number of fused-ring (bicyclic) bond motifs is 1. The summed E-state index contributed by atoms with van der Waals surface area (Å²) in [6, 6.07) is 19.1. The molecule has 0 aromatic heterocycles. The Morgan fingerprint density at radius 2 is 1.67 bits per heavy atom. The monoisotopic (exact) mass is 572 g/mol. The number of nitrogens with zero attached hydrogens (tertiary/aromatic N) is 3. The molecule has 220 valence electrons. The van der Waals surface area contributed by atoms with E-state index < -0.39 is 11.7 Å². The van der Waals surface area contributed by atoms with Crippen molar-refractivity contribution in [1.29, 1.82) is 0 Å². The number of esters is 1. The minimum atomic E-state index is -0.743. The van der Waals surface area contributed by atoms with Crippen LogP contribution in [0.5, 0.6) is 0 Å². The van der Waals surface area contributed by atoms with Gasteiger partial charge in [0.2, 0.25) is 11.8 Å². The third kappa shape index (κ3) is 7.67. The normalized spacial score (nSPS) is 14.5. The number of benzene rings is 3. The summed E-state index contributed by atoms with van der Waals surface area (Å²) < 4.78 is 18.7. The van der Waals surface area contributed by atoms with Crippen molar-refractivity contribution in [2.24, 2.45) is 4.99 Å². The summed E-state index contributed by atoms with van der Waals surface area (Å²) in [5.74, 6) is -1.71. The molecule has 0 saturated carbocycles. The molecule has 0 bridgehead atoms. The van der Waals surface area contributed by atoms with Crippen molar-refractivity contribution < 1.29 is 23.5 Å². The van der Waals surface area contributed by atoms with Crippen LogP contribution < -0.4 is 10.2 Å². The van der Waals surface area contributed by atoms with E-state index in [-0.39, 0.29) is 24.2 Å². The van der Waals surface area contributed by atoms with Crippen molar-refractivity contribution in [3.8, 4) is 0 Å². The topological polar surface area (TPSA) is 91.3 Å². The lowest BCUT2D eigenvalue weighted by Crippen LogP contribution is -2.26. The van der Waals surface area contributed by atoms with Crippen LogP contribution >= 0.6 is 0 Å². The van der Waals surface area contributed by atoms with Crippen LogP contribution in [0.25, 0.3) is 0 Å². The largest absolute Gasteiger partial charge is 0.469 e. The Labute approximate surface area is 246 Å². The molecule has 9 heteroatoms. The smallest absolute Gasteiger partial charge is 0.305 e. The Kier molecular flexibility index (Phi) is 10.2. The van der Waals surface area contributed by atoms with E-state index in [1.54, 1.807) is 18.0 Å². The Balaban J connectivity index is 1.60. The van der Waals surface area contributed by atoms with Crippen molar-refractivity contribution in [3.05, 3.63) is 89.2 Å². The van der Waals surface area contributed by atoms with Crippen LogP contribution in [0.1, 0.15) is 48.3 Å². The van der Waals surface area contributed by atoms with Gasteiger partial charge in [-0.1, -0.05) is 30.3 Å². The minimum Gasteiger partial charge on any atom is -0.469 e. The second-order valence-electron chi connectivity index (χ2n) is 10.7. The number of hydrogen-bond acceptors (Lipinski definition) is 6. The number of methoxy groups -OCH3 is 1. The van der Waals surface area contributed by atoms with Crippen LogP contribution in [-0.2, 0) is 25.5 Å². The summed E-state index contributed by atoms with van der Waals surface area (Å²) in [5, 5.41) is 2.78. The van der Waals surface area contributed by atoms with Crippen molar-refractivity contribution in [2.45, 2.75) is 38.0 Å². The van der Waals surface area contributed by atoms with E-state index in [1.165, 1.54) is 19.2 Å². The van der Waals surface area contributed by atoms with Gasteiger partial charge in [0, 0.05) is 31.3 Å². The summed E-state index contributed by atoms with van der Waals surface area (Å²) in [6.45, 7) is 0.945. The number of nitrogens with one attached hydrogen (secondary N) is 1. The fraction of sp³-hybridized carbons (Fsp3) is 0.333. The lowest BCUT2D eigenvalue weighted by Gasteiger charge is -2.18. The summed E-state index contributed by atoms with van der Waals surface area (Å²) in [4.78, 5) is 46.1. The average Bonchev–Trinajstić information content (AvgIpc) is 3.31. The van der Waals surface area contributed by atoms with Crippen molar-refractivity contribution in [3.63, 3.8) is 0 Å². The summed E-state index contributed by atoms with van der Waals surface area (Å²) in [5.41, 5.74) is 4.61. The first kappa shape index (κ1) is 30.6. The van der Waals surface area contributed by atoms with Gasteiger partial charge in [0.15, 0.2) is 0 Å². The predicted octanol–water partition coefficient (Wildman–Crippen LogP) is 5.48.